The summed E-state index contributed by atoms with van der Waals surface area (Å²) in [6.07, 6.45) is 1.20. The molecule has 0 saturated heterocycles. The van der Waals surface area contributed by atoms with Crippen LogP contribution in [0.25, 0.3) is 33.9 Å². The fraction of sp³-hybridized carbons (Fsp3) is 0.160. The molecule has 0 radical (unpaired) electrons. The summed E-state index contributed by atoms with van der Waals surface area (Å²) in [6.45, 7) is 2.04. The van der Waals surface area contributed by atoms with Gasteiger partial charge in [0.05, 0.1) is 30.5 Å². The van der Waals surface area contributed by atoms with Crippen molar-refractivity contribution in [1.82, 2.24) is 9.97 Å². The van der Waals surface area contributed by atoms with Crippen LogP contribution >= 0.6 is 0 Å². The van der Waals surface area contributed by atoms with Gasteiger partial charge in [-0.2, -0.15) is 0 Å². The molecule has 32 heavy (non-hydrogen) atoms. The van der Waals surface area contributed by atoms with Gasteiger partial charge < -0.3 is 14.5 Å². The Morgan fingerprint density at radius 2 is 1.38 bits per heavy atom. The lowest BCUT2D eigenvalue weighted by Gasteiger charge is -2.08. The summed E-state index contributed by atoms with van der Waals surface area (Å²) in [6, 6.07) is 20.6. The largest absolute Gasteiger partial charge is 0.493 e. The van der Waals surface area contributed by atoms with Gasteiger partial charge in [0.2, 0.25) is 0 Å². The molecule has 7 heteroatoms. The van der Waals surface area contributed by atoms with Gasteiger partial charge >= 0.3 is 0 Å². The number of H-pyrrole nitrogens is 1. The summed E-state index contributed by atoms with van der Waals surface area (Å²) >= 11 is 0. The average molecular weight is 449 g/mol. The monoisotopic (exact) mass is 448 g/mol. The Balaban J connectivity index is 1.87. The van der Waals surface area contributed by atoms with Crippen molar-refractivity contribution in [2.75, 3.05) is 20.5 Å². The van der Waals surface area contributed by atoms with Gasteiger partial charge in [0.25, 0.3) is 0 Å². The first kappa shape index (κ1) is 21.6. The van der Waals surface area contributed by atoms with E-state index in [1.54, 1.807) is 38.5 Å². The predicted molar refractivity (Wildman–Crippen MR) is 126 cm³/mol. The number of ether oxygens (including phenoxy) is 2. The molecule has 164 valence electrons. The zero-order chi connectivity index (χ0) is 22.9. The zero-order valence-electron chi connectivity index (χ0n) is 18.3. The molecule has 0 saturated carbocycles. The van der Waals surface area contributed by atoms with Crippen LogP contribution in [-0.2, 0) is 9.84 Å². The van der Waals surface area contributed by atoms with Crippen LogP contribution in [0.1, 0.15) is 5.56 Å². The van der Waals surface area contributed by atoms with Crippen molar-refractivity contribution in [1.29, 1.82) is 0 Å². The molecule has 1 heterocycles. The number of nitrogens with zero attached hydrogens (tertiary/aromatic N) is 1. The molecule has 1 aromatic heterocycles. The number of aromatic amines is 1. The SMILES string of the molecule is COc1ccc(-c2nc(-c3ccc(S(C)(=O)=O)cc3)c(-c3ccc(C)cc3)[nH]2)cc1OC. The molecule has 0 fully saturated rings. The van der Waals surface area contributed by atoms with E-state index in [1.165, 1.54) is 6.26 Å². The summed E-state index contributed by atoms with van der Waals surface area (Å²) in [5, 5.41) is 0. The summed E-state index contributed by atoms with van der Waals surface area (Å²) in [7, 11) is -0.0860. The lowest BCUT2D eigenvalue weighted by molar-refractivity contribution is 0.355. The molecule has 0 aliphatic rings. The number of methoxy groups -OCH3 is 2. The topological polar surface area (TPSA) is 81.3 Å². The van der Waals surface area contributed by atoms with Crippen molar-refractivity contribution in [2.45, 2.75) is 11.8 Å². The Morgan fingerprint density at radius 3 is 1.97 bits per heavy atom. The first-order valence-electron chi connectivity index (χ1n) is 10.00. The number of aryl methyl sites for hydroxylation is 1. The molecule has 0 unspecified atom stereocenters. The molecule has 4 aromatic rings. The lowest BCUT2D eigenvalue weighted by atomic mass is 10.0. The predicted octanol–water partition coefficient (Wildman–Crippen LogP) is 5.14. The van der Waals surface area contributed by atoms with Crippen LogP contribution in [0.3, 0.4) is 0 Å². The third-order valence-electron chi connectivity index (χ3n) is 5.26. The van der Waals surface area contributed by atoms with Crippen LogP contribution in [-0.4, -0.2) is 38.9 Å². The third kappa shape index (κ3) is 4.24. The Hall–Kier alpha value is -3.58. The van der Waals surface area contributed by atoms with Gasteiger partial charge in [-0.05, 0) is 37.3 Å². The van der Waals surface area contributed by atoms with E-state index in [9.17, 15) is 8.42 Å². The average Bonchev–Trinajstić information content (AvgIpc) is 3.24. The molecule has 0 atom stereocenters. The number of sulfone groups is 1. The highest BCUT2D eigenvalue weighted by Gasteiger charge is 2.17. The van der Waals surface area contributed by atoms with Crippen LogP contribution in [0.15, 0.2) is 71.6 Å². The van der Waals surface area contributed by atoms with Crippen LogP contribution in [0.2, 0.25) is 0 Å². The molecule has 0 amide bonds. The van der Waals surface area contributed by atoms with E-state index in [4.69, 9.17) is 14.5 Å². The van der Waals surface area contributed by atoms with Gasteiger partial charge in [-0.1, -0.05) is 42.0 Å². The number of nitrogens with one attached hydrogen (secondary N) is 1. The molecule has 0 aliphatic heterocycles. The van der Waals surface area contributed by atoms with Crippen LogP contribution in [0.5, 0.6) is 11.5 Å². The second kappa shape index (κ2) is 8.51. The number of aromatic nitrogens is 2. The second-order valence-electron chi connectivity index (χ2n) is 7.54. The van der Waals surface area contributed by atoms with Gasteiger partial charge in [0.15, 0.2) is 21.3 Å². The van der Waals surface area contributed by atoms with Crippen LogP contribution in [0.4, 0.5) is 0 Å². The van der Waals surface area contributed by atoms with E-state index < -0.39 is 9.84 Å². The minimum absolute atomic E-state index is 0.272. The molecule has 3 aromatic carbocycles. The van der Waals surface area contributed by atoms with E-state index in [2.05, 4.69) is 4.98 Å². The van der Waals surface area contributed by atoms with Crippen molar-refractivity contribution in [3.05, 3.63) is 72.3 Å². The Bertz CT molecular complexity index is 1360. The van der Waals surface area contributed by atoms with E-state index >= 15 is 0 Å². The van der Waals surface area contributed by atoms with Gasteiger partial charge in [0, 0.05) is 22.9 Å². The van der Waals surface area contributed by atoms with Crippen LogP contribution < -0.4 is 9.47 Å². The van der Waals surface area contributed by atoms with Gasteiger partial charge in [-0.25, -0.2) is 13.4 Å². The molecular formula is C25H24N2O4S. The molecule has 1 N–H and O–H groups in total. The quantitative estimate of drug-likeness (QED) is 0.442. The first-order valence-corrected chi connectivity index (χ1v) is 11.9. The van der Waals surface area contributed by atoms with Gasteiger partial charge in [-0.15, -0.1) is 0 Å². The molecule has 0 aliphatic carbocycles. The number of imidazole rings is 1. The maximum Gasteiger partial charge on any atom is 0.175 e. The minimum Gasteiger partial charge on any atom is -0.493 e. The van der Waals surface area contributed by atoms with Crippen LogP contribution in [0, 0.1) is 6.92 Å². The zero-order valence-corrected chi connectivity index (χ0v) is 19.2. The fourth-order valence-electron chi connectivity index (χ4n) is 3.49. The lowest BCUT2D eigenvalue weighted by Crippen LogP contribution is -1.96. The molecular weight excluding hydrogens is 424 g/mol. The van der Waals surface area contributed by atoms with Crippen molar-refractivity contribution in [3.8, 4) is 45.4 Å². The van der Waals surface area contributed by atoms with Crippen molar-refractivity contribution in [3.63, 3.8) is 0 Å². The fourth-order valence-corrected chi connectivity index (χ4v) is 4.12. The number of hydrogen-bond donors (Lipinski definition) is 1. The number of rotatable bonds is 6. The number of hydrogen-bond acceptors (Lipinski definition) is 5. The Kier molecular flexibility index (Phi) is 5.76. The van der Waals surface area contributed by atoms with Crippen molar-refractivity contribution in [2.24, 2.45) is 0 Å². The summed E-state index contributed by atoms with van der Waals surface area (Å²) in [5.41, 5.74) is 5.39. The maximum absolute atomic E-state index is 11.9. The molecule has 6 nitrogen and oxygen atoms in total. The second-order valence-corrected chi connectivity index (χ2v) is 9.56. The summed E-state index contributed by atoms with van der Waals surface area (Å²) < 4.78 is 34.5. The van der Waals surface area contributed by atoms with Gasteiger partial charge in [0.1, 0.15) is 5.82 Å². The highest BCUT2D eigenvalue weighted by Crippen LogP contribution is 2.36. The third-order valence-corrected chi connectivity index (χ3v) is 6.39. The Morgan fingerprint density at radius 1 is 0.781 bits per heavy atom. The standard InChI is InChI=1S/C25H24N2O4S/c1-16-5-7-17(8-6-16)23-24(18-9-12-20(13-10-18)32(4,28)29)27-25(26-23)19-11-14-21(30-2)22(15-19)31-3/h5-15H,1-4H3,(H,26,27). The molecule has 0 spiro atoms. The molecule has 0 bridgehead atoms. The Labute approximate surface area is 187 Å². The van der Waals surface area contributed by atoms with E-state index in [0.29, 0.717) is 17.3 Å². The maximum atomic E-state index is 11.9. The summed E-state index contributed by atoms with van der Waals surface area (Å²) in [5.74, 6) is 1.92. The van der Waals surface area contributed by atoms with Crippen molar-refractivity contribution < 1.29 is 17.9 Å². The summed E-state index contributed by atoms with van der Waals surface area (Å²) in [4.78, 5) is 8.58. The van der Waals surface area contributed by atoms with E-state index in [1.807, 2.05) is 49.4 Å². The van der Waals surface area contributed by atoms with Gasteiger partial charge in [-0.3, -0.25) is 0 Å². The highest BCUT2D eigenvalue weighted by molar-refractivity contribution is 7.90. The minimum atomic E-state index is -3.27. The van der Waals surface area contributed by atoms with E-state index in [0.717, 1.165) is 33.6 Å². The smallest absolute Gasteiger partial charge is 0.175 e. The first-order chi connectivity index (χ1) is 15.3. The normalized spacial score (nSPS) is 11.4. The number of benzene rings is 3. The van der Waals surface area contributed by atoms with Crippen molar-refractivity contribution >= 4 is 9.84 Å². The molecule has 4 rings (SSSR count). The van der Waals surface area contributed by atoms with E-state index in [-0.39, 0.29) is 4.90 Å². The highest BCUT2D eigenvalue weighted by atomic mass is 32.2.